The Morgan fingerprint density at radius 1 is 1.12 bits per heavy atom. The van der Waals surface area contributed by atoms with Gasteiger partial charge in [-0.25, -0.2) is 9.79 Å². The zero-order chi connectivity index (χ0) is 22.7. The molecule has 0 saturated heterocycles. The van der Waals surface area contributed by atoms with Crippen LogP contribution in [0.2, 0.25) is 5.02 Å². The highest BCUT2D eigenvalue weighted by atomic mass is 79.9. The molecule has 3 aromatic carbocycles. The SMILES string of the molecule is COc1cc(/C=C2\N=C(c3ccccc3C)OC2=O)cc(Br)c1OCc1cccc(Cl)c1. The van der Waals surface area contributed by atoms with Crippen LogP contribution in [0.25, 0.3) is 6.08 Å². The second-order valence-electron chi connectivity index (χ2n) is 7.10. The van der Waals surface area contributed by atoms with E-state index in [2.05, 4.69) is 20.9 Å². The Labute approximate surface area is 199 Å². The maximum Gasteiger partial charge on any atom is 0.363 e. The lowest BCUT2D eigenvalue weighted by molar-refractivity contribution is -0.129. The highest BCUT2D eigenvalue weighted by Gasteiger charge is 2.25. The quantitative estimate of drug-likeness (QED) is 0.285. The molecule has 0 aromatic heterocycles. The molecule has 0 radical (unpaired) electrons. The van der Waals surface area contributed by atoms with Crippen molar-refractivity contribution >= 4 is 45.5 Å². The molecule has 0 aliphatic carbocycles. The van der Waals surface area contributed by atoms with Crippen LogP contribution in [-0.2, 0) is 16.1 Å². The number of rotatable bonds is 6. The van der Waals surface area contributed by atoms with Crippen molar-refractivity contribution in [1.82, 2.24) is 0 Å². The highest BCUT2D eigenvalue weighted by Crippen LogP contribution is 2.38. The topological polar surface area (TPSA) is 57.1 Å². The summed E-state index contributed by atoms with van der Waals surface area (Å²) < 4.78 is 17.5. The van der Waals surface area contributed by atoms with Crippen LogP contribution >= 0.6 is 27.5 Å². The molecule has 162 valence electrons. The first-order valence-corrected chi connectivity index (χ1v) is 10.9. The van der Waals surface area contributed by atoms with Crippen LogP contribution in [0.1, 0.15) is 22.3 Å². The number of hydrogen-bond acceptors (Lipinski definition) is 5. The molecule has 0 fully saturated rings. The van der Waals surface area contributed by atoms with Crippen LogP contribution < -0.4 is 9.47 Å². The minimum absolute atomic E-state index is 0.213. The monoisotopic (exact) mass is 511 g/mol. The molecule has 1 heterocycles. The molecule has 1 aliphatic rings. The molecule has 0 spiro atoms. The van der Waals surface area contributed by atoms with Gasteiger partial charge in [-0.3, -0.25) is 0 Å². The molecular weight excluding hydrogens is 494 g/mol. The van der Waals surface area contributed by atoms with Gasteiger partial charge < -0.3 is 14.2 Å². The summed E-state index contributed by atoms with van der Waals surface area (Å²) in [7, 11) is 1.56. The summed E-state index contributed by atoms with van der Waals surface area (Å²) in [5, 5.41) is 0.646. The number of cyclic esters (lactones) is 1. The van der Waals surface area contributed by atoms with E-state index in [0.29, 0.717) is 39.1 Å². The average molecular weight is 513 g/mol. The van der Waals surface area contributed by atoms with Crippen molar-refractivity contribution in [2.75, 3.05) is 7.11 Å². The maximum atomic E-state index is 12.4. The zero-order valence-corrected chi connectivity index (χ0v) is 19.7. The van der Waals surface area contributed by atoms with Gasteiger partial charge in [-0.15, -0.1) is 0 Å². The van der Waals surface area contributed by atoms with Crippen molar-refractivity contribution in [2.24, 2.45) is 4.99 Å². The number of benzene rings is 3. The third kappa shape index (κ3) is 4.87. The lowest BCUT2D eigenvalue weighted by atomic mass is 10.1. The van der Waals surface area contributed by atoms with Crippen molar-refractivity contribution < 1.29 is 19.0 Å². The van der Waals surface area contributed by atoms with Crippen molar-refractivity contribution in [1.29, 1.82) is 0 Å². The number of esters is 1. The van der Waals surface area contributed by atoms with Crippen LogP contribution in [0.4, 0.5) is 0 Å². The van der Waals surface area contributed by atoms with Gasteiger partial charge in [0.15, 0.2) is 17.2 Å². The predicted octanol–water partition coefficient (Wildman–Crippen LogP) is 6.34. The number of nitrogens with zero attached hydrogens (tertiary/aromatic N) is 1. The third-order valence-corrected chi connectivity index (χ3v) is 5.65. The van der Waals surface area contributed by atoms with Crippen molar-refractivity contribution in [3.05, 3.63) is 98.1 Å². The fraction of sp³-hybridized carbons (Fsp3) is 0.120. The number of aryl methyl sites for hydroxylation is 1. The lowest BCUT2D eigenvalue weighted by Crippen LogP contribution is -2.06. The van der Waals surface area contributed by atoms with E-state index in [1.807, 2.05) is 61.5 Å². The number of hydrogen-bond donors (Lipinski definition) is 0. The predicted molar refractivity (Wildman–Crippen MR) is 128 cm³/mol. The Kier molecular flexibility index (Phi) is 6.63. The zero-order valence-electron chi connectivity index (χ0n) is 17.4. The number of carbonyl (C=O) groups is 1. The van der Waals surface area contributed by atoms with Crippen molar-refractivity contribution in [2.45, 2.75) is 13.5 Å². The van der Waals surface area contributed by atoms with E-state index in [-0.39, 0.29) is 5.70 Å². The standard InChI is InChI=1S/C25H19BrClNO4/c1-15-6-3-4-9-19(15)24-28-21(25(29)32-24)12-17-11-20(26)23(22(13-17)30-2)31-14-16-7-5-8-18(27)10-16/h3-13H,14H2,1-2H3/b21-12-. The van der Waals surface area contributed by atoms with Gasteiger partial charge in [-0.05, 0) is 76.0 Å². The van der Waals surface area contributed by atoms with Gasteiger partial charge in [0, 0.05) is 10.6 Å². The maximum absolute atomic E-state index is 12.4. The summed E-state index contributed by atoms with van der Waals surface area (Å²) in [6.45, 7) is 2.27. The first kappa shape index (κ1) is 22.1. The summed E-state index contributed by atoms with van der Waals surface area (Å²) in [4.78, 5) is 16.8. The molecule has 0 amide bonds. The summed E-state index contributed by atoms with van der Waals surface area (Å²) in [6.07, 6.45) is 1.65. The van der Waals surface area contributed by atoms with Gasteiger partial charge >= 0.3 is 5.97 Å². The van der Waals surface area contributed by atoms with E-state index in [0.717, 1.165) is 16.7 Å². The fourth-order valence-electron chi connectivity index (χ4n) is 3.24. The number of aliphatic imine (C=N–C) groups is 1. The van der Waals surface area contributed by atoms with Crippen LogP contribution in [0.3, 0.4) is 0 Å². The number of methoxy groups -OCH3 is 1. The van der Waals surface area contributed by atoms with Crippen molar-refractivity contribution in [3.8, 4) is 11.5 Å². The van der Waals surface area contributed by atoms with E-state index < -0.39 is 5.97 Å². The molecule has 3 aromatic rings. The van der Waals surface area contributed by atoms with Crippen LogP contribution in [-0.4, -0.2) is 19.0 Å². The molecule has 4 rings (SSSR count). The normalized spacial score (nSPS) is 14.3. The van der Waals surface area contributed by atoms with Crippen LogP contribution in [0.15, 0.2) is 75.8 Å². The molecule has 0 bridgehead atoms. The summed E-state index contributed by atoms with van der Waals surface area (Å²) >= 11 is 9.58. The Balaban J connectivity index is 1.60. The van der Waals surface area contributed by atoms with E-state index in [9.17, 15) is 4.79 Å². The van der Waals surface area contributed by atoms with Gasteiger partial charge in [-0.1, -0.05) is 41.9 Å². The molecule has 5 nitrogen and oxygen atoms in total. The molecule has 0 saturated carbocycles. The molecule has 0 atom stereocenters. The van der Waals surface area contributed by atoms with E-state index in [4.69, 9.17) is 25.8 Å². The lowest BCUT2D eigenvalue weighted by Gasteiger charge is -2.14. The minimum atomic E-state index is -0.500. The van der Waals surface area contributed by atoms with Gasteiger partial charge in [0.2, 0.25) is 5.90 Å². The molecule has 7 heteroatoms. The summed E-state index contributed by atoms with van der Waals surface area (Å²) in [5.74, 6) is 0.863. The Morgan fingerprint density at radius 3 is 2.69 bits per heavy atom. The van der Waals surface area contributed by atoms with Gasteiger partial charge in [0.25, 0.3) is 0 Å². The highest BCUT2D eigenvalue weighted by molar-refractivity contribution is 9.10. The fourth-order valence-corrected chi connectivity index (χ4v) is 4.03. The largest absolute Gasteiger partial charge is 0.493 e. The Morgan fingerprint density at radius 2 is 1.94 bits per heavy atom. The molecule has 1 aliphatic heterocycles. The van der Waals surface area contributed by atoms with E-state index >= 15 is 0 Å². The summed E-state index contributed by atoms with van der Waals surface area (Å²) in [6, 6.07) is 18.7. The molecule has 32 heavy (non-hydrogen) atoms. The molecular formula is C25H19BrClNO4. The first-order chi connectivity index (χ1) is 15.4. The second-order valence-corrected chi connectivity index (χ2v) is 8.39. The Hall–Kier alpha value is -3.09. The van der Waals surface area contributed by atoms with Crippen LogP contribution in [0.5, 0.6) is 11.5 Å². The Bertz CT molecular complexity index is 1250. The first-order valence-electron chi connectivity index (χ1n) is 9.78. The number of ether oxygens (including phenoxy) is 3. The van der Waals surface area contributed by atoms with Crippen LogP contribution in [0, 0.1) is 6.92 Å². The minimum Gasteiger partial charge on any atom is -0.493 e. The van der Waals surface area contributed by atoms with Crippen molar-refractivity contribution in [3.63, 3.8) is 0 Å². The summed E-state index contributed by atoms with van der Waals surface area (Å²) in [5.41, 5.74) is 3.62. The number of carbonyl (C=O) groups excluding carboxylic acids is 1. The van der Waals surface area contributed by atoms with Gasteiger partial charge in [0.05, 0.1) is 11.6 Å². The second kappa shape index (κ2) is 9.59. The smallest absolute Gasteiger partial charge is 0.363 e. The number of halogens is 2. The van der Waals surface area contributed by atoms with Gasteiger partial charge in [0.1, 0.15) is 6.61 Å². The third-order valence-electron chi connectivity index (χ3n) is 4.82. The molecule has 0 N–H and O–H groups in total. The van der Waals surface area contributed by atoms with E-state index in [1.54, 1.807) is 19.3 Å². The average Bonchev–Trinajstić information content (AvgIpc) is 3.13. The van der Waals surface area contributed by atoms with E-state index in [1.165, 1.54) is 0 Å². The van der Waals surface area contributed by atoms with Gasteiger partial charge in [-0.2, -0.15) is 0 Å². The molecule has 0 unspecified atom stereocenters.